The molecule has 0 radical (unpaired) electrons. The molecule has 31 heavy (non-hydrogen) atoms. The summed E-state index contributed by atoms with van der Waals surface area (Å²) in [5.74, 6) is -1.79. The number of carbonyl (C=O) groups excluding carboxylic acids is 3. The van der Waals surface area contributed by atoms with Crippen molar-refractivity contribution in [1.29, 1.82) is 0 Å². The van der Waals surface area contributed by atoms with Gasteiger partial charge in [0.1, 0.15) is 5.70 Å². The smallest absolute Gasteiger partial charge is 0.355 e. The molecule has 1 N–H and O–H groups in total. The molecule has 1 aliphatic rings. The molecule has 1 amide bonds. The Balaban J connectivity index is 2.00. The number of hydrogen-bond acceptors (Lipinski definition) is 6. The highest BCUT2D eigenvalue weighted by Crippen LogP contribution is 2.28. The molecule has 0 spiro atoms. The summed E-state index contributed by atoms with van der Waals surface area (Å²) in [6.45, 7) is 0. The van der Waals surface area contributed by atoms with Gasteiger partial charge in [-0.3, -0.25) is 4.79 Å². The van der Waals surface area contributed by atoms with Crippen molar-refractivity contribution < 1.29 is 23.9 Å². The van der Waals surface area contributed by atoms with Crippen molar-refractivity contribution in [2.24, 2.45) is 0 Å². The molecule has 1 heterocycles. The number of methoxy groups -OCH3 is 2. The minimum atomic E-state index is -0.720. The second-order valence-corrected chi connectivity index (χ2v) is 6.71. The van der Waals surface area contributed by atoms with Crippen molar-refractivity contribution >= 4 is 40.8 Å². The number of amides is 1. The number of rotatable bonds is 5. The Labute approximate surface area is 184 Å². The summed E-state index contributed by atoms with van der Waals surface area (Å²) in [6.07, 6.45) is 6.34. The molecule has 0 aliphatic carbocycles. The fraction of sp³-hybridized carbons (Fsp3) is 0.0870. The van der Waals surface area contributed by atoms with Gasteiger partial charge in [0.2, 0.25) is 0 Å². The van der Waals surface area contributed by atoms with E-state index in [1.807, 2.05) is 0 Å². The molecule has 1 aliphatic heterocycles. The third-order valence-electron chi connectivity index (χ3n) is 4.39. The molecule has 2 aromatic rings. The number of esters is 2. The van der Waals surface area contributed by atoms with Gasteiger partial charge in [-0.05, 0) is 42.5 Å². The molecule has 0 aromatic heterocycles. The van der Waals surface area contributed by atoms with Crippen LogP contribution in [-0.2, 0) is 19.1 Å². The molecule has 0 bridgehead atoms. The average Bonchev–Trinajstić information content (AvgIpc) is 3.01. The molecule has 0 atom stereocenters. The van der Waals surface area contributed by atoms with E-state index in [0.717, 1.165) is 0 Å². The van der Waals surface area contributed by atoms with Gasteiger partial charge in [-0.25, -0.2) is 9.59 Å². The van der Waals surface area contributed by atoms with E-state index in [-0.39, 0.29) is 17.2 Å². The average molecular weight is 439 g/mol. The van der Waals surface area contributed by atoms with Gasteiger partial charge in [-0.2, -0.15) is 0 Å². The van der Waals surface area contributed by atoms with E-state index in [9.17, 15) is 14.4 Å². The third kappa shape index (κ3) is 4.84. The van der Waals surface area contributed by atoms with Crippen molar-refractivity contribution in [3.63, 3.8) is 0 Å². The Morgan fingerprint density at radius 1 is 0.935 bits per heavy atom. The van der Waals surface area contributed by atoms with Crippen LogP contribution >= 0.6 is 11.6 Å². The molecule has 0 unspecified atom stereocenters. The standard InChI is InChI=1S/C23H19ClN2O5/c1-30-22(28)18-11-5-6-13-26(20(18)23(29)31-2)16-9-7-8-15(14-16)25-21(27)17-10-3-4-12-19(17)24/h3-14H,1-2H3,(H,25,27). The predicted octanol–water partition coefficient (Wildman–Crippen LogP) is 4.08. The number of hydrogen-bond donors (Lipinski definition) is 1. The Morgan fingerprint density at radius 3 is 2.39 bits per heavy atom. The van der Waals surface area contributed by atoms with Gasteiger partial charge < -0.3 is 19.7 Å². The van der Waals surface area contributed by atoms with E-state index < -0.39 is 11.9 Å². The lowest BCUT2D eigenvalue weighted by Gasteiger charge is -2.23. The number of nitrogens with zero attached hydrogens (tertiary/aromatic N) is 1. The van der Waals surface area contributed by atoms with Gasteiger partial charge in [-0.1, -0.05) is 35.9 Å². The first-order valence-corrected chi connectivity index (χ1v) is 9.55. The largest absolute Gasteiger partial charge is 0.465 e. The molecule has 0 saturated carbocycles. The molecule has 7 nitrogen and oxygen atoms in total. The third-order valence-corrected chi connectivity index (χ3v) is 4.72. The monoisotopic (exact) mass is 438 g/mol. The van der Waals surface area contributed by atoms with Crippen LogP contribution < -0.4 is 10.2 Å². The number of benzene rings is 2. The summed E-state index contributed by atoms with van der Waals surface area (Å²) in [7, 11) is 2.45. The van der Waals surface area contributed by atoms with E-state index in [2.05, 4.69) is 5.32 Å². The van der Waals surface area contributed by atoms with Crippen LogP contribution in [0.2, 0.25) is 5.02 Å². The maximum Gasteiger partial charge on any atom is 0.355 e. The molecule has 158 valence electrons. The highest BCUT2D eigenvalue weighted by atomic mass is 35.5. The van der Waals surface area contributed by atoms with Gasteiger partial charge in [0, 0.05) is 17.6 Å². The number of ether oxygens (including phenoxy) is 2. The van der Waals surface area contributed by atoms with Gasteiger partial charge in [0.05, 0.1) is 30.4 Å². The highest BCUT2D eigenvalue weighted by molar-refractivity contribution is 6.34. The molecule has 3 rings (SSSR count). The van der Waals surface area contributed by atoms with Crippen LogP contribution in [0.15, 0.2) is 84.2 Å². The van der Waals surface area contributed by atoms with Crippen LogP contribution in [0.4, 0.5) is 11.4 Å². The van der Waals surface area contributed by atoms with E-state index in [1.54, 1.807) is 66.9 Å². The minimum Gasteiger partial charge on any atom is -0.465 e. The van der Waals surface area contributed by atoms with Crippen molar-refractivity contribution in [2.75, 3.05) is 24.4 Å². The minimum absolute atomic E-state index is 0.0195. The lowest BCUT2D eigenvalue weighted by molar-refractivity contribution is -0.139. The summed E-state index contributed by atoms with van der Waals surface area (Å²) in [6, 6.07) is 13.5. The summed E-state index contributed by atoms with van der Waals surface area (Å²) < 4.78 is 9.70. The van der Waals surface area contributed by atoms with Crippen molar-refractivity contribution in [3.8, 4) is 0 Å². The summed E-state index contributed by atoms with van der Waals surface area (Å²) >= 11 is 6.10. The second-order valence-electron chi connectivity index (χ2n) is 6.30. The van der Waals surface area contributed by atoms with Crippen molar-refractivity contribution in [3.05, 3.63) is 94.8 Å². The second kappa shape index (κ2) is 9.77. The first kappa shape index (κ1) is 21.9. The van der Waals surface area contributed by atoms with Crippen LogP contribution in [0.5, 0.6) is 0 Å². The van der Waals surface area contributed by atoms with Crippen LogP contribution in [-0.4, -0.2) is 32.1 Å². The molecule has 8 heteroatoms. The zero-order chi connectivity index (χ0) is 22.4. The van der Waals surface area contributed by atoms with Gasteiger partial charge in [0.15, 0.2) is 0 Å². The van der Waals surface area contributed by atoms with E-state index in [4.69, 9.17) is 21.1 Å². The molecule has 0 fully saturated rings. The molecule has 0 saturated heterocycles. The lowest BCUT2D eigenvalue weighted by atomic mass is 10.1. The van der Waals surface area contributed by atoms with Gasteiger partial charge in [-0.15, -0.1) is 0 Å². The number of anilines is 2. The fourth-order valence-electron chi connectivity index (χ4n) is 2.94. The normalized spacial score (nSPS) is 12.9. The zero-order valence-corrected chi connectivity index (χ0v) is 17.6. The van der Waals surface area contributed by atoms with Crippen molar-refractivity contribution in [1.82, 2.24) is 0 Å². The predicted molar refractivity (Wildman–Crippen MR) is 118 cm³/mol. The summed E-state index contributed by atoms with van der Waals surface area (Å²) in [5, 5.41) is 3.11. The van der Waals surface area contributed by atoms with E-state index in [0.29, 0.717) is 22.0 Å². The highest BCUT2D eigenvalue weighted by Gasteiger charge is 2.27. The Morgan fingerprint density at radius 2 is 1.68 bits per heavy atom. The topological polar surface area (TPSA) is 84.9 Å². The van der Waals surface area contributed by atoms with E-state index in [1.165, 1.54) is 25.2 Å². The molecule has 2 aromatic carbocycles. The van der Waals surface area contributed by atoms with Gasteiger partial charge >= 0.3 is 11.9 Å². The number of carbonyl (C=O) groups is 3. The number of allylic oxidation sites excluding steroid dienone is 2. The van der Waals surface area contributed by atoms with Gasteiger partial charge in [0.25, 0.3) is 5.91 Å². The fourth-order valence-corrected chi connectivity index (χ4v) is 3.16. The molecular weight excluding hydrogens is 420 g/mol. The lowest BCUT2D eigenvalue weighted by Crippen LogP contribution is -2.27. The van der Waals surface area contributed by atoms with Crippen molar-refractivity contribution in [2.45, 2.75) is 0 Å². The first-order chi connectivity index (χ1) is 15.0. The Kier molecular flexibility index (Phi) is 6.89. The van der Waals surface area contributed by atoms with Crippen LogP contribution in [0, 0.1) is 0 Å². The number of halogens is 1. The maximum atomic E-state index is 12.6. The Bertz CT molecular complexity index is 1120. The van der Waals surface area contributed by atoms with Crippen LogP contribution in [0.1, 0.15) is 10.4 Å². The quantitative estimate of drug-likeness (QED) is 0.708. The first-order valence-electron chi connectivity index (χ1n) is 9.17. The van der Waals surface area contributed by atoms with Crippen LogP contribution in [0.3, 0.4) is 0 Å². The zero-order valence-electron chi connectivity index (χ0n) is 16.8. The maximum absolute atomic E-state index is 12.6. The summed E-state index contributed by atoms with van der Waals surface area (Å²) in [4.78, 5) is 38.9. The molecular formula is C23H19ClN2O5. The SMILES string of the molecule is COC(=O)C1=C(C(=O)OC)N(c2cccc(NC(=O)c3ccccc3Cl)c2)C=CC=C1. The Hall–Kier alpha value is -3.84. The van der Waals surface area contributed by atoms with Crippen LogP contribution in [0.25, 0.3) is 0 Å². The van der Waals surface area contributed by atoms with E-state index >= 15 is 0 Å². The number of nitrogens with one attached hydrogen (secondary N) is 1. The summed E-state index contributed by atoms with van der Waals surface area (Å²) in [5.41, 5.74) is 1.32.